The number of rotatable bonds is 7. The van der Waals surface area contributed by atoms with Crippen molar-refractivity contribution < 1.29 is 27.9 Å². The van der Waals surface area contributed by atoms with Gasteiger partial charge in [0.2, 0.25) is 17.2 Å². The number of fused-ring (bicyclic) bond motifs is 1. The van der Waals surface area contributed by atoms with E-state index in [2.05, 4.69) is 15.5 Å². The lowest BCUT2D eigenvalue weighted by Gasteiger charge is -2.36. The molecule has 0 saturated carbocycles. The molecular formula is C31H33ClF3N7O4. The molecule has 1 aliphatic heterocycles. The van der Waals surface area contributed by atoms with E-state index in [1.807, 2.05) is 11.8 Å². The number of alkyl halides is 3. The molecule has 0 spiro atoms. The molecule has 3 heterocycles. The molecule has 2 aromatic carbocycles. The molecule has 46 heavy (non-hydrogen) atoms. The van der Waals surface area contributed by atoms with E-state index in [0.29, 0.717) is 55.2 Å². The standard InChI is InChI=1S/C31H33ClF3N7O4/c1-5-24-27(40-14-12-39(13-15-40)18(2)43)28(45)26-29(38-42(37-26)21-9-6-19(7-10-21)30(3,4)46)41(24)17-25(44)36-23-11-8-20(16-22(23)32)31(33,34)35/h6-11,16,46H,5,12-15,17H2,1-4H3,(H,36,44). The Morgan fingerprint density at radius 3 is 2.17 bits per heavy atom. The first kappa shape index (κ1) is 32.9. The number of hydrogen-bond donors (Lipinski definition) is 2. The maximum Gasteiger partial charge on any atom is 0.416 e. The van der Waals surface area contributed by atoms with Gasteiger partial charge >= 0.3 is 6.18 Å². The van der Waals surface area contributed by atoms with Crippen LogP contribution in [0.15, 0.2) is 47.3 Å². The minimum Gasteiger partial charge on any atom is -0.386 e. The molecule has 0 bridgehead atoms. The number of hydrogen-bond acceptors (Lipinski definition) is 7. The van der Waals surface area contributed by atoms with Gasteiger partial charge in [0.25, 0.3) is 0 Å². The zero-order valence-corrected chi connectivity index (χ0v) is 26.4. The Morgan fingerprint density at radius 2 is 1.63 bits per heavy atom. The van der Waals surface area contributed by atoms with Crippen LogP contribution in [0.1, 0.15) is 44.5 Å². The molecule has 1 fully saturated rings. The monoisotopic (exact) mass is 659 g/mol. The van der Waals surface area contributed by atoms with E-state index in [-0.39, 0.29) is 39.8 Å². The summed E-state index contributed by atoms with van der Waals surface area (Å²) in [6.07, 6.45) is -4.27. The summed E-state index contributed by atoms with van der Waals surface area (Å²) < 4.78 is 41.0. The molecule has 11 nitrogen and oxygen atoms in total. The number of halogens is 4. The molecular weight excluding hydrogens is 627 g/mol. The Hall–Kier alpha value is -4.43. The van der Waals surface area contributed by atoms with Crippen LogP contribution in [0, 0.1) is 0 Å². The van der Waals surface area contributed by atoms with Crippen LogP contribution in [0.4, 0.5) is 24.5 Å². The van der Waals surface area contributed by atoms with Gasteiger partial charge < -0.3 is 24.8 Å². The van der Waals surface area contributed by atoms with Crippen LogP contribution in [0.25, 0.3) is 16.9 Å². The number of carbonyl (C=O) groups is 2. The van der Waals surface area contributed by atoms with Crippen molar-refractivity contribution in [2.75, 3.05) is 36.4 Å². The van der Waals surface area contributed by atoms with E-state index in [9.17, 15) is 32.7 Å². The van der Waals surface area contributed by atoms with Gasteiger partial charge in [-0.05, 0) is 56.2 Å². The maximum atomic E-state index is 14.0. The SMILES string of the molecule is CCc1c(N2CCN(C(C)=O)CC2)c(=O)c2nn(-c3ccc(C(C)(C)O)cc3)nc2n1CC(=O)Nc1ccc(C(F)(F)F)cc1Cl. The van der Waals surface area contributed by atoms with Crippen LogP contribution in [0.2, 0.25) is 5.02 Å². The number of carbonyl (C=O) groups excluding carboxylic acids is 2. The van der Waals surface area contributed by atoms with Crippen molar-refractivity contribution >= 4 is 46.0 Å². The Balaban J connectivity index is 1.58. The van der Waals surface area contributed by atoms with Gasteiger partial charge in [0.05, 0.1) is 27.6 Å². The zero-order chi connectivity index (χ0) is 33.6. The predicted octanol–water partition coefficient (Wildman–Crippen LogP) is 4.35. The Kier molecular flexibility index (Phi) is 8.88. The number of anilines is 2. The van der Waals surface area contributed by atoms with Gasteiger partial charge in [-0.25, -0.2) is 0 Å². The van der Waals surface area contributed by atoms with Crippen LogP contribution in [-0.4, -0.2) is 67.6 Å². The van der Waals surface area contributed by atoms with Gasteiger partial charge in [0, 0.05) is 38.8 Å². The van der Waals surface area contributed by atoms with Crippen molar-refractivity contribution in [3.63, 3.8) is 0 Å². The zero-order valence-electron chi connectivity index (χ0n) is 25.7. The van der Waals surface area contributed by atoms with Crippen molar-refractivity contribution in [2.45, 2.75) is 52.4 Å². The lowest BCUT2D eigenvalue weighted by atomic mass is 9.98. The molecule has 2 N–H and O–H groups in total. The first-order valence-corrected chi connectivity index (χ1v) is 15.0. The molecule has 0 radical (unpaired) electrons. The quantitative estimate of drug-likeness (QED) is 0.302. The molecule has 1 saturated heterocycles. The number of piperazine rings is 1. The molecule has 5 rings (SSSR count). The van der Waals surface area contributed by atoms with Gasteiger partial charge in [0.15, 0.2) is 11.2 Å². The molecule has 1 aliphatic rings. The summed E-state index contributed by atoms with van der Waals surface area (Å²) in [4.78, 5) is 44.2. The average molecular weight is 660 g/mol. The fourth-order valence-corrected chi connectivity index (χ4v) is 5.70. The molecule has 2 aromatic heterocycles. The van der Waals surface area contributed by atoms with Crippen molar-refractivity contribution in [3.8, 4) is 5.69 Å². The summed E-state index contributed by atoms with van der Waals surface area (Å²) in [5.41, 5.74) is -0.274. The molecule has 0 atom stereocenters. The predicted molar refractivity (Wildman–Crippen MR) is 167 cm³/mol. The lowest BCUT2D eigenvalue weighted by molar-refractivity contribution is -0.137. The number of amides is 2. The summed E-state index contributed by atoms with van der Waals surface area (Å²) in [6.45, 7) is 7.85. The Labute approximate surface area is 267 Å². The van der Waals surface area contributed by atoms with Gasteiger partial charge in [-0.1, -0.05) is 30.7 Å². The van der Waals surface area contributed by atoms with Crippen molar-refractivity contribution in [3.05, 3.63) is 74.5 Å². The van der Waals surface area contributed by atoms with Gasteiger partial charge in [-0.2, -0.15) is 13.2 Å². The fraction of sp³-hybridized carbons (Fsp3) is 0.387. The topological polar surface area (TPSA) is 126 Å². The first-order chi connectivity index (χ1) is 21.6. The van der Waals surface area contributed by atoms with Crippen molar-refractivity contribution in [1.29, 1.82) is 0 Å². The van der Waals surface area contributed by atoms with Crippen molar-refractivity contribution in [1.82, 2.24) is 24.5 Å². The van der Waals surface area contributed by atoms with Crippen LogP contribution in [0.3, 0.4) is 0 Å². The largest absolute Gasteiger partial charge is 0.416 e. The summed E-state index contributed by atoms with van der Waals surface area (Å²) in [5, 5.41) is 21.7. The van der Waals surface area contributed by atoms with Crippen LogP contribution < -0.4 is 15.6 Å². The molecule has 4 aromatic rings. The van der Waals surface area contributed by atoms with Gasteiger partial charge in [0.1, 0.15) is 12.2 Å². The van der Waals surface area contributed by atoms with E-state index in [1.165, 1.54) is 11.7 Å². The highest BCUT2D eigenvalue weighted by atomic mass is 35.5. The van der Waals surface area contributed by atoms with Crippen LogP contribution in [0.5, 0.6) is 0 Å². The van der Waals surface area contributed by atoms with Crippen molar-refractivity contribution in [2.24, 2.45) is 0 Å². The molecule has 0 aliphatic carbocycles. The smallest absolute Gasteiger partial charge is 0.386 e. The number of nitrogens with one attached hydrogen (secondary N) is 1. The summed E-state index contributed by atoms with van der Waals surface area (Å²) in [5.74, 6) is -0.682. The van der Waals surface area contributed by atoms with E-state index in [0.717, 1.165) is 18.2 Å². The molecule has 0 unspecified atom stereocenters. The number of nitrogens with zero attached hydrogens (tertiary/aromatic N) is 6. The second-order valence-electron chi connectivity index (χ2n) is 11.6. The fourth-order valence-electron chi connectivity index (χ4n) is 5.47. The summed E-state index contributed by atoms with van der Waals surface area (Å²) in [7, 11) is 0. The minimum absolute atomic E-state index is 0.00752. The number of pyridine rings is 1. The minimum atomic E-state index is -4.60. The molecule has 15 heteroatoms. The summed E-state index contributed by atoms with van der Waals surface area (Å²) in [6, 6.07) is 9.47. The highest BCUT2D eigenvalue weighted by Crippen LogP contribution is 2.34. The van der Waals surface area contributed by atoms with Gasteiger partial charge in [-0.15, -0.1) is 15.0 Å². The first-order valence-electron chi connectivity index (χ1n) is 14.6. The summed E-state index contributed by atoms with van der Waals surface area (Å²) >= 11 is 6.09. The highest BCUT2D eigenvalue weighted by Gasteiger charge is 2.31. The van der Waals surface area contributed by atoms with E-state index >= 15 is 0 Å². The van der Waals surface area contributed by atoms with E-state index < -0.39 is 23.2 Å². The second-order valence-corrected chi connectivity index (χ2v) is 12.0. The average Bonchev–Trinajstić information content (AvgIpc) is 3.45. The third kappa shape index (κ3) is 6.58. The number of aliphatic hydroxyl groups is 1. The van der Waals surface area contributed by atoms with E-state index in [4.69, 9.17) is 11.6 Å². The van der Waals surface area contributed by atoms with Crippen LogP contribution >= 0.6 is 11.6 Å². The third-order valence-electron chi connectivity index (χ3n) is 7.93. The molecule has 2 amide bonds. The number of aromatic nitrogens is 4. The lowest BCUT2D eigenvalue weighted by Crippen LogP contribution is -2.49. The van der Waals surface area contributed by atoms with Crippen LogP contribution in [-0.2, 0) is 34.3 Å². The normalized spacial score (nSPS) is 14.2. The number of benzene rings is 2. The highest BCUT2D eigenvalue weighted by molar-refractivity contribution is 6.33. The second kappa shape index (κ2) is 12.4. The Bertz CT molecular complexity index is 1860. The maximum absolute atomic E-state index is 14.0. The molecule has 244 valence electrons. The van der Waals surface area contributed by atoms with Gasteiger partial charge in [-0.3, -0.25) is 14.4 Å². The third-order valence-corrected chi connectivity index (χ3v) is 8.25. The van der Waals surface area contributed by atoms with E-state index in [1.54, 1.807) is 47.6 Å². The Morgan fingerprint density at radius 1 is 1.00 bits per heavy atom.